The lowest BCUT2D eigenvalue weighted by atomic mass is 10.1. The lowest BCUT2D eigenvalue weighted by Crippen LogP contribution is -2.28. The minimum absolute atomic E-state index is 0.245. The summed E-state index contributed by atoms with van der Waals surface area (Å²) in [6.45, 7) is 5.45. The Hall–Kier alpha value is -1.41. The molecule has 1 heterocycles. The van der Waals surface area contributed by atoms with Crippen molar-refractivity contribution >= 4 is 0 Å². The van der Waals surface area contributed by atoms with Gasteiger partial charge in [0.1, 0.15) is 5.82 Å². The number of hydrogen-bond donors (Lipinski definition) is 1. The third-order valence-corrected chi connectivity index (χ3v) is 3.60. The second kappa shape index (κ2) is 7.39. The van der Waals surface area contributed by atoms with Gasteiger partial charge in [-0.3, -0.25) is 4.90 Å². The summed E-state index contributed by atoms with van der Waals surface area (Å²) < 4.78 is 13.3. The molecule has 0 unspecified atom stereocenters. The quantitative estimate of drug-likeness (QED) is 0.825. The average molecular weight is 275 g/mol. The molecule has 1 fully saturated rings. The molecule has 0 amide bonds. The average Bonchev–Trinajstić information content (AvgIpc) is 2.64. The monoisotopic (exact) mass is 275 g/mol. The van der Waals surface area contributed by atoms with E-state index in [-0.39, 0.29) is 5.82 Å². The van der Waals surface area contributed by atoms with Crippen LogP contribution in [0, 0.1) is 17.7 Å². The molecule has 0 radical (unpaired) electrons. The van der Waals surface area contributed by atoms with Crippen LogP contribution >= 0.6 is 0 Å². The topological polar surface area (TPSA) is 32.5 Å². The van der Waals surface area contributed by atoms with Gasteiger partial charge in [0.15, 0.2) is 0 Å². The summed E-state index contributed by atoms with van der Waals surface area (Å²) >= 11 is 0. The summed E-state index contributed by atoms with van der Waals surface area (Å²) in [7, 11) is 2.15. The molecule has 108 valence electrons. The molecule has 0 saturated carbocycles. The van der Waals surface area contributed by atoms with Crippen molar-refractivity contribution in [2.75, 3.05) is 39.8 Å². The molecule has 1 saturated heterocycles. The van der Waals surface area contributed by atoms with Crippen molar-refractivity contribution in [1.82, 2.24) is 9.80 Å². The number of halogens is 1. The van der Waals surface area contributed by atoms with E-state index in [4.69, 9.17) is 5.73 Å². The highest BCUT2D eigenvalue weighted by atomic mass is 19.1. The molecule has 0 bridgehead atoms. The molecule has 1 aromatic carbocycles. The normalized spacial score (nSPS) is 17.4. The Morgan fingerprint density at radius 3 is 2.90 bits per heavy atom. The van der Waals surface area contributed by atoms with Gasteiger partial charge in [-0.05, 0) is 44.3 Å². The molecular formula is C16H22FN3. The van der Waals surface area contributed by atoms with Crippen LogP contribution in [0.25, 0.3) is 0 Å². The number of rotatable bonds is 2. The van der Waals surface area contributed by atoms with Crippen molar-refractivity contribution in [3.8, 4) is 11.8 Å². The number of nitrogens with zero attached hydrogens (tertiary/aromatic N) is 2. The Labute approximate surface area is 120 Å². The van der Waals surface area contributed by atoms with Gasteiger partial charge in [-0.25, -0.2) is 4.39 Å². The molecule has 1 aliphatic rings. The third-order valence-electron chi connectivity index (χ3n) is 3.60. The van der Waals surface area contributed by atoms with Crippen molar-refractivity contribution < 1.29 is 4.39 Å². The summed E-state index contributed by atoms with van der Waals surface area (Å²) in [5.74, 6) is 5.54. The number of benzene rings is 1. The molecule has 0 aliphatic carbocycles. The SMILES string of the molecule is CN1CCCN(Cc2ccc(F)cc2C#CCN)CC1. The maximum atomic E-state index is 13.3. The molecule has 3 nitrogen and oxygen atoms in total. The second-order valence-electron chi connectivity index (χ2n) is 5.24. The van der Waals surface area contributed by atoms with Crippen molar-refractivity contribution in [1.29, 1.82) is 0 Å². The van der Waals surface area contributed by atoms with Crippen LogP contribution < -0.4 is 5.73 Å². The first-order chi connectivity index (χ1) is 9.69. The lowest BCUT2D eigenvalue weighted by Gasteiger charge is -2.20. The van der Waals surface area contributed by atoms with Crippen LogP contribution in [0.15, 0.2) is 18.2 Å². The first-order valence-electron chi connectivity index (χ1n) is 7.07. The van der Waals surface area contributed by atoms with Gasteiger partial charge >= 0.3 is 0 Å². The molecule has 4 heteroatoms. The van der Waals surface area contributed by atoms with Crippen molar-refractivity contribution in [3.63, 3.8) is 0 Å². The van der Waals surface area contributed by atoms with Gasteiger partial charge in [0.05, 0.1) is 6.54 Å². The van der Waals surface area contributed by atoms with Gasteiger partial charge in [-0.2, -0.15) is 0 Å². The summed E-state index contributed by atoms with van der Waals surface area (Å²) in [5, 5.41) is 0. The fourth-order valence-electron chi connectivity index (χ4n) is 2.45. The summed E-state index contributed by atoms with van der Waals surface area (Å²) in [5.41, 5.74) is 7.24. The number of nitrogens with two attached hydrogens (primary N) is 1. The van der Waals surface area contributed by atoms with Crippen molar-refractivity contribution in [3.05, 3.63) is 35.1 Å². The van der Waals surface area contributed by atoms with E-state index in [1.807, 2.05) is 6.07 Å². The van der Waals surface area contributed by atoms with E-state index in [2.05, 4.69) is 28.7 Å². The summed E-state index contributed by atoms with van der Waals surface area (Å²) in [4.78, 5) is 4.75. The van der Waals surface area contributed by atoms with E-state index >= 15 is 0 Å². The molecular weight excluding hydrogens is 253 g/mol. The van der Waals surface area contributed by atoms with Gasteiger partial charge in [-0.1, -0.05) is 17.9 Å². The molecule has 0 aromatic heterocycles. The molecule has 2 rings (SSSR count). The molecule has 2 N–H and O–H groups in total. The van der Waals surface area contributed by atoms with Gasteiger partial charge in [0.2, 0.25) is 0 Å². The smallest absolute Gasteiger partial charge is 0.124 e. The largest absolute Gasteiger partial charge is 0.320 e. The van der Waals surface area contributed by atoms with Gasteiger partial charge in [-0.15, -0.1) is 0 Å². The van der Waals surface area contributed by atoms with Gasteiger partial charge in [0, 0.05) is 25.2 Å². The Morgan fingerprint density at radius 2 is 2.10 bits per heavy atom. The Kier molecular flexibility index (Phi) is 5.54. The fourth-order valence-corrected chi connectivity index (χ4v) is 2.45. The minimum atomic E-state index is -0.245. The van der Waals surface area contributed by atoms with Gasteiger partial charge < -0.3 is 10.6 Å². The van der Waals surface area contributed by atoms with E-state index in [0.717, 1.165) is 43.9 Å². The zero-order valence-electron chi connectivity index (χ0n) is 12.0. The highest BCUT2D eigenvalue weighted by Crippen LogP contribution is 2.14. The van der Waals surface area contributed by atoms with Crippen molar-refractivity contribution in [2.24, 2.45) is 5.73 Å². The van der Waals surface area contributed by atoms with Crippen LogP contribution in [-0.4, -0.2) is 49.6 Å². The van der Waals surface area contributed by atoms with Crippen molar-refractivity contribution in [2.45, 2.75) is 13.0 Å². The molecule has 0 atom stereocenters. The fraction of sp³-hybridized carbons (Fsp3) is 0.500. The van der Waals surface area contributed by atoms with E-state index in [1.165, 1.54) is 18.6 Å². The zero-order chi connectivity index (χ0) is 14.4. The molecule has 1 aliphatic heterocycles. The summed E-state index contributed by atoms with van der Waals surface area (Å²) in [6.07, 6.45) is 1.17. The third kappa shape index (κ3) is 4.31. The standard InChI is InChI=1S/C16H22FN3/c1-19-8-3-9-20(11-10-19)13-15-5-6-16(17)12-14(15)4-2-7-18/h5-6,12H,3,7-11,13,18H2,1H3. The van der Waals surface area contributed by atoms with Crippen LogP contribution in [0.5, 0.6) is 0 Å². The minimum Gasteiger partial charge on any atom is -0.320 e. The van der Waals surface area contributed by atoms with Crippen LogP contribution in [0.2, 0.25) is 0 Å². The number of likely N-dealkylation sites (N-methyl/N-ethyl adjacent to an activating group) is 1. The van der Waals surface area contributed by atoms with E-state index in [9.17, 15) is 4.39 Å². The summed E-state index contributed by atoms with van der Waals surface area (Å²) in [6, 6.07) is 4.85. The zero-order valence-corrected chi connectivity index (χ0v) is 12.0. The molecule has 20 heavy (non-hydrogen) atoms. The van der Waals surface area contributed by atoms with Crippen LogP contribution in [-0.2, 0) is 6.54 Å². The van der Waals surface area contributed by atoms with E-state index < -0.39 is 0 Å². The lowest BCUT2D eigenvalue weighted by molar-refractivity contribution is 0.269. The Balaban J connectivity index is 2.11. The van der Waals surface area contributed by atoms with E-state index in [1.54, 1.807) is 0 Å². The van der Waals surface area contributed by atoms with Gasteiger partial charge in [0.25, 0.3) is 0 Å². The van der Waals surface area contributed by atoms with E-state index in [0.29, 0.717) is 6.54 Å². The predicted octanol–water partition coefficient (Wildman–Crippen LogP) is 1.27. The Morgan fingerprint density at radius 1 is 1.25 bits per heavy atom. The Bertz CT molecular complexity index is 504. The molecule has 1 aromatic rings. The number of hydrogen-bond acceptors (Lipinski definition) is 3. The second-order valence-corrected chi connectivity index (χ2v) is 5.24. The van der Waals surface area contributed by atoms with Crippen LogP contribution in [0.3, 0.4) is 0 Å². The first kappa shape index (κ1) is 15.0. The molecule has 0 spiro atoms. The highest BCUT2D eigenvalue weighted by Gasteiger charge is 2.13. The highest BCUT2D eigenvalue weighted by molar-refractivity contribution is 5.41. The maximum Gasteiger partial charge on any atom is 0.124 e. The predicted molar refractivity (Wildman–Crippen MR) is 79.7 cm³/mol. The van der Waals surface area contributed by atoms with Crippen LogP contribution in [0.4, 0.5) is 4.39 Å². The first-order valence-corrected chi connectivity index (χ1v) is 7.07. The maximum absolute atomic E-state index is 13.3. The van der Waals surface area contributed by atoms with Crippen LogP contribution in [0.1, 0.15) is 17.5 Å².